The summed E-state index contributed by atoms with van der Waals surface area (Å²) >= 11 is 5.68. The van der Waals surface area contributed by atoms with E-state index in [1.54, 1.807) is 0 Å². The van der Waals surface area contributed by atoms with Gasteiger partial charge in [0.05, 0.1) is 11.9 Å². The van der Waals surface area contributed by atoms with Gasteiger partial charge in [0.25, 0.3) is 0 Å². The summed E-state index contributed by atoms with van der Waals surface area (Å²) in [5.74, 6) is 0.766. The molecule has 0 spiro atoms. The molecule has 0 unspecified atom stereocenters. The average molecular weight is 306 g/mol. The largest absolute Gasteiger partial charge is 0.488 e. The first kappa shape index (κ1) is 15.6. The first-order valence-electron chi connectivity index (χ1n) is 6.88. The molecule has 5 heteroatoms. The van der Waals surface area contributed by atoms with Gasteiger partial charge in [-0.15, -0.1) is 0 Å². The van der Waals surface area contributed by atoms with Crippen LogP contribution in [0.1, 0.15) is 19.4 Å². The summed E-state index contributed by atoms with van der Waals surface area (Å²) in [7, 11) is 0. The van der Waals surface area contributed by atoms with Crippen LogP contribution in [-0.4, -0.2) is 22.8 Å². The summed E-state index contributed by atoms with van der Waals surface area (Å²) in [5, 5.41) is 11.1. The van der Waals surface area contributed by atoms with Crippen LogP contribution in [-0.2, 0) is 6.54 Å². The van der Waals surface area contributed by atoms with Crippen LogP contribution in [0.4, 0.5) is 0 Å². The molecule has 2 aromatic rings. The molecule has 0 aliphatic rings. The molecule has 0 saturated heterocycles. The van der Waals surface area contributed by atoms with E-state index in [-0.39, 0.29) is 0 Å². The Morgan fingerprint density at radius 1 is 1.38 bits per heavy atom. The van der Waals surface area contributed by atoms with E-state index in [0.717, 1.165) is 29.1 Å². The first-order chi connectivity index (χ1) is 10.1. The molecular weight excluding hydrogens is 286 g/mol. The topological polar surface area (TPSA) is 49.9 Å². The number of nitrogens with one attached hydrogen (secondary N) is 2. The zero-order valence-corrected chi connectivity index (χ0v) is 13.1. The number of hydrogen-bond donors (Lipinski definition) is 2. The second kappa shape index (κ2) is 7.29. The lowest BCUT2D eigenvalue weighted by atomic mass is 10.1. The van der Waals surface area contributed by atoms with Crippen molar-refractivity contribution >= 4 is 11.6 Å². The Morgan fingerprint density at radius 3 is 2.71 bits per heavy atom. The minimum absolute atomic E-state index is 0.314. The molecule has 2 N–H and O–H groups in total. The number of nitrogens with zero attached hydrogens (tertiary/aromatic N) is 1. The number of H-pyrrole nitrogens is 1. The van der Waals surface area contributed by atoms with Crippen molar-refractivity contribution in [1.82, 2.24) is 15.5 Å². The Labute approximate surface area is 130 Å². The maximum Gasteiger partial charge on any atom is 0.123 e. The number of aromatic nitrogens is 2. The Morgan fingerprint density at radius 2 is 2.10 bits per heavy atom. The van der Waals surface area contributed by atoms with Crippen LogP contribution in [0.2, 0.25) is 0 Å². The molecule has 0 saturated carbocycles. The van der Waals surface area contributed by atoms with Gasteiger partial charge in [-0.3, -0.25) is 5.10 Å². The maximum absolute atomic E-state index is 5.68. The normalized spacial score (nSPS) is 10.9. The Balaban J connectivity index is 2.08. The predicted octanol–water partition coefficient (Wildman–Crippen LogP) is 3.71. The molecule has 0 amide bonds. The van der Waals surface area contributed by atoms with E-state index in [1.165, 1.54) is 0 Å². The SMILES string of the molecule is C=C(Cl)COc1ccc(-c2[nH]ncc2CNC(C)C)cc1. The fourth-order valence-corrected chi connectivity index (χ4v) is 1.94. The van der Waals surface area contributed by atoms with E-state index in [9.17, 15) is 0 Å². The quantitative estimate of drug-likeness (QED) is 0.820. The van der Waals surface area contributed by atoms with Crippen molar-refractivity contribution in [2.24, 2.45) is 0 Å². The lowest BCUT2D eigenvalue weighted by Crippen LogP contribution is -2.21. The lowest BCUT2D eigenvalue weighted by molar-refractivity contribution is 0.359. The summed E-state index contributed by atoms with van der Waals surface area (Å²) in [4.78, 5) is 0. The van der Waals surface area contributed by atoms with Crippen molar-refractivity contribution in [3.63, 3.8) is 0 Å². The number of hydrogen-bond acceptors (Lipinski definition) is 3. The third-order valence-electron chi connectivity index (χ3n) is 2.96. The van der Waals surface area contributed by atoms with Gasteiger partial charge >= 0.3 is 0 Å². The molecule has 0 fully saturated rings. The summed E-state index contributed by atoms with van der Waals surface area (Å²) < 4.78 is 5.48. The van der Waals surface area contributed by atoms with E-state index in [2.05, 4.69) is 35.9 Å². The fourth-order valence-electron chi connectivity index (χ4n) is 1.89. The zero-order chi connectivity index (χ0) is 15.2. The van der Waals surface area contributed by atoms with Gasteiger partial charge in [0.2, 0.25) is 0 Å². The minimum atomic E-state index is 0.314. The van der Waals surface area contributed by atoms with E-state index < -0.39 is 0 Å². The smallest absolute Gasteiger partial charge is 0.123 e. The average Bonchev–Trinajstić information content (AvgIpc) is 2.92. The van der Waals surface area contributed by atoms with Crippen LogP contribution in [0.15, 0.2) is 42.1 Å². The van der Waals surface area contributed by atoms with Crippen molar-refractivity contribution in [3.05, 3.63) is 47.6 Å². The predicted molar refractivity (Wildman–Crippen MR) is 86.5 cm³/mol. The van der Waals surface area contributed by atoms with Gasteiger partial charge < -0.3 is 10.1 Å². The molecule has 0 bridgehead atoms. The number of aromatic amines is 1. The molecule has 0 radical (unpaired) electrons. The molecule has 4 nitrogen and oxygen atoms in total. The molecule has 2 rings (SSSR count). The molecule has 21 heavy (non-hydrogen) atoms. The van der Waals surface area contributed by atoms with E-state index >= 15 is 0 Å². The van der Waals surface area contributed by atoms with Gasteiger partial charge in [-0.1, -0.05) is 32.0 Å². The molecule has 1 aromatic heterocycles. The second-order valence-electron chi connectivity index (χ2n) is 5.14. The van der Waals surface area contributed by atoms with Crippen LogP contribution in [0, 0.1) is 0 Å². The van der Waals surface area contributed by atoms with Crippen LogP contribution >= 0.6 is 11.6 Å². The Hall–Kier alpha value is -1.78. The highest BCUT2D eigenvalue weighted by molar-refractivity contribution is 6.29. The maximum atomic E-state index is 5.68. The second-order valence-corrected chi connectivity index (χ2v) is 5.67. The Kier molecular flexibility index (Phi) is 5.42. The molecule has 0 aliphatic carbocycles. The highest BCUT2D eigenvalue weighted by Gasteiger charge is 2.08. The van der Waals surface area contributed by atoms with Crippen molar-refractivity contribution in [3.8, 4) is 17.0 Å². The lowest BCUT2D eigenvalue weighted by Gasteiger charge is -2.09. The molecule has 0 atom stereocenters. The van der Waals surface area contributed by atoms with Crippen molar-refractivity contribution < 1.29 is 4.74 Å². The molecule has 1 heterocycles. The first-order valence-corrected chi connectivity index (χ1v) is 7.26. The summed E-state index contributed by atoms with van der Waals surface area (Å²) in [5.41, 5.74) is 3.24. The standard InChI is InChI=1S/C16H20ClN3O/c1-11(2)18-8-14-9-19-20-16(14)13-4-6-15(7-5-13)21-10-12(3)17/h4-7,9,11,18H,3,8,10H2,1-2H3,(H,19,20). The van der Waals surface area contributed by atoms with Gasteiger partial charge in [-0.05, 0) is 24.3 Å². The van der Waals surface area contributed by atoms with Crippen molar-refractivity contribution in [1.29, 1.82) is 0 Å². The number of halogens is 1. The number of rotatable bonds is 7. The van der Waals surface area contributed by atoms with E-state index in [4.69, 9.17) is 16.3 Å². The van der Waals surface area contributed by atoms with Crippen LogP contribution < -0.4 is 10.1 Å². The summed E-state index contributed by atoms with van der Waals surface area (Å²) in [6.45, 7) is 8.94. The molecule has 0 aliphatic heterocycles. The molecule has 1 aromatic carbocycles. The van der Waals surface area contributed by atoms with Gasteiger partial charge in [-0.2, -0.15) is 5.10 Å². The highest BCUT2D eigenvalue weighted by Crippen LogP contribution is 2.24. The number of ether oxygens (including phenoxy) is 1. The van der Waals surface area contributed by atoms with Gasteiger partial charge in [0.1, 0.15) is 12.4 Å². The van der Waals surface area contributed by atoms with Gasteiger partial charge in [-0.25, -0.2) is 0 Å². The van der Waals surface area contributed by atoms with Crippen molar-refractivity contribution in [2.45, 2.75) is 26.4 Å². The Bertz CT molecular complexity index is 590. The van der Waals surface area contributed by atoms with E-state index in [0.29, 0.717) is 17.7 Å². The van der Waals surface area contributed by atoms with Gasteiger partial charge in [0, 0.05) is 28.7 Å². The monoisotopic (exact) mass is 305 g/mol. The van der Waals surface area contributed by atoms with Gasteiger partial charge in [0.15, 0.2) is 0 Å². The van der Waals surface area contributed by atoms with Crippen LogP contribution in [0.25, 0.3) is 11.3 Å². The molecule has 112 valence electrons. The summed E-state index contributed by atoms with van der Waals surface area (Å²) in [6, 6.07) is 8.26. The highest BCUT2D eigenvalue weighted by atomic mass is 35.5. The summed E-state index contributed by atoms with van der Waals surface area (Å²) in [6.07, 6.45) is 1.85. The third-order valence-corrected chi connectivity index (χ3v) is 3.07. The van der Waals surface area contributed by atoms with Crippen molar-refractivity contribution in [2.75, 3.05) is 6.61 Å². The third kappa shape index (κ3) is 4.62. The number of benzene rings is 1. The fraction of sp³-hybridized carbons (Fsp3) is 0.312. The zero-order valence-electron chi connectivity index (χ0n) is 12.3. The minimum Gasteiger partial charge on any atom is -0.488 e. The molecular formula is C16H20ClN3O. The van der Waals surface area contributed by atoms with Crippen LogP contribution in [0.5, 0.6) is 5.75 Å². The van der Waals surface area contributed by atoms with Crippen LogP contribution in [0.3, 0.4) is 0 Å². The van der Waals surface area contributed by atoms with E-state index in [1.807, 2.05) is 30.5 Å².